The number of carboxylic acids is 1. The predicted octanol–water partition coefficient (Wildman–Crippen LogP) is 3.23. The highest BCUT2D eigenvalue weighted by atomic mass is 16.7. The lowest BCUT2D eigenvalue weighted by Gasteiger charge is -2.24. The summed E-state index contributed by atoms with van der Waals surface area (Å²) in [6, 6.07) is 12.4. The van der Waals surface area contributed by atoms with Crippen molar-refractivity contribution in [3.05, 3.63) is 59.4 Å². The molecule has 0 bridgehead atoms. The minimum Gasteiger partial charge on any atom is -0.486 e. The number of ether oxygens (including phenoxy) is 2. The molecule has 1 aliphatic rings. The van der Waals surface area contributed by atoms with Gasteiger partial charge in [0.2, 0.25) is 0 Å². The Labute approximate surface area is 162 Å². The van der Waals surface area contributed by atoms with E-state index in [0.29, 0.717) is 24.8 Å². The molecule has 0 amide bonds. The van der Waals surface area contributed by atoms with E-state index in [1.165, 1.54) is 12.1 Å². The number of rotatable bonds is 6. The largest absolute Gasteiger partial charge is 0.486 e. The number of carboxylic acid groups (broad SMARTS) is 1. The second kappa shape index (κ2) is 7.90. The van der Waals surface area contributed by atoms with Crippen LogP contribution in [-0.2, 0) is 11.3 Å². The average Bonchev–Trinajstić information content (AvgIpc) is 3.06. The summed E-state index contributed by atoms with van der Waals surface area (Å²) < 4.78 is 13.0. The molecule has 7 heteroatoms. The van der Waals surface area contributed by atoms with Gasteiger partial charge in [-0.3, -0.25) is 0 Å². The van der Waals surface area contributed by atoms with Crippen LogP contribution in [-0.4, -0.2) is 40.1 Å². The lowest BCUT2D eigenvalue weighted by atomic mass is 10.2. The number of benzene rings is 2. The van der Waals surface area contributed by atoms with Gasteiger partial charge in [-0.2, -0.15) is 4.73 Å². The molecule has 0 aliphatic carbocycles. The number of aromatic nitrogens is 2. The van der Waals surface area contributed by atoms with Crippen LogP contribution in [0.1, 0.15) is 34.6 Å². The average molecular weight is 382 g/mol. The first-order chi connectivity index (χ1) is 13.6. The van der Waals surface area contributed by atoms with Crippen LogP contribution in [0.15, 0.2) is 42.5 Å². The van der Waals surface area contributed by atoms with Crippen LogP contribution >= 0.6 is 0 Å². The molecule has 1 aliphatic heterocycles. The minimum absolute atomic E-state index is 0.0563. The summed E-state index contributed by atoms with van der Waals surface area (Å²) in [4.78, 5) is 22.1. The number of fused-ring (bicyclic) bond motifs is 1. The van der Waals surface area contributed by atoms with Gasteiger partial charge in [0.25, 0.3) is 0 Å². The molecule has 146 valence electrons. The minimum atomic E-state index is -0.990. The fourth-order valence-corrected chi connectivity index (χ4v) is 3.27. The Kier molecular flexibility index (Phi) is 5.16. The van der Waals surface area contributed by atoms with Gasteiger partial charge >= 0.3 is 5.97 Å². The maximum Gasteiger partial charge on any atom is 0.335 e. The van der Waals surface area contributed by atoms with E-state index in [0.717, 1.165) is 29.4 Å². The van der Waals surface area contributed by atoms with Crippen molar-refractivity contribution in [3.63, 3.8) is 0 Å². The topological polar surface area (TPSA) is 82.8 Å². The van der Waals surface area contributed by atoms with Crippen LogP contribution in [0.2, 0.25) is 0 Å². The number of hydrogen-bond donors (Lipinski definition) is 1. The van der Waals surface area contributed by atoms with E-state index >= 15 is 0 Å². The van der Waals surface area contributed by atoms with Crippen molar-refractivity contribution in [1.82, 2.24) is 9.71 Å². The smallest absolute Gasteiger partial charge is 0.335 e. The van der Waals surface area contributed by atoms with Crippen LogP contribution in [0.4, 0.5) is 0 Å². The Bertz CT molecular complexity index is 992. The Morgan fingerprint density at radius 3 is 2.82 bits per heavy atom. The third-order valence-electron chi connectivity index (χ3n) is 4.78. The zero-order valence-corrected chi connectivity index (χ0v) is 15.6. The highest BCUT2D eigenvalue weighted by molar-refractivity contribution is 5.88. The number of hydrogen-bond acceptors (Lipinski definition) is 5. The van der Waals surface area contributed by atoms with Gasteiger partial charge in [-0.05, 0) is 36.8 Å². The maximum atomic E-state index is 11.2. The number of para-hydroxylation sites is 1. The lowest BCUT2D eigenvalue weighted by molar-refractivity contribution is -0.0387. The van der Waals surface area contributed by atoms with Crippen molar-refractivity contribution in [2.75, 3.05) is 13.2 Å². The van der Waals surface area contributed by atoms with Gasteiger partial charge in [0.1, 0.15) is 24.0 Å². The fourth-order valence-electron chi connectivity index (χ4n) is 3.27. The van der Waals surface area contributed by atoms with Gasteiger partial charge in [-0.1, -0.05) is 18.2 Å². The van der Waals surface area contributed by atoms with Crippen LogP contribution in [0.5, 0.6) is 5.75 Å². The molecule has 7 nitrogen and oxygen atoms in total. The van der Waals surface area contributed by atoms with E-state index in [-0.39, 0.29) is 18.3 Å². The molecule has 2 aromatic carbocycles. The van der Waals surface area contributed by atoms with E-state index in [1.54, 1.807) is 16.9 Å². The Morgan fingerprint density at radius 1 is 1.25 bits per heavy atom. The molecule has 2 heterocycles. The van der Waals surface area contributed by atoms with Crippen LogP contribution in [0, 0.1) is 6.92 Å². The number of aryl methyl sites for hydroxylation is 1. The van der Waals surface area contributed by atoms with E-state index in [1.807, 2.05) is 25.1 Å². The summed E-state index contributed by atoms with van der Waals surface area (Å²) in [7, 11) is 0. The number of aromatic carboxylic acids is 1. The molecule has 0 unspecified atom stereocenters. The van der Waals surface area contributed by atoms with Gasteiger partial charge in [0, 0.05) is 12.8 Å². The fraction of sp³-hybridized carbons (Fsp3) is 0.333. The van der Waals surface area contributed by atoms with E-state index < -0.39 is 5.97 Å². The Morgan fingerprint density at radius 2 is 2.04 bits per heavy atom. The molecule has 1 aromatic heterocycles. The second-order valence-corrected chi connectivity index (χ2v) is 6.80. The molecule has 1 saturated heterocycles. The van der Waals surface area contributed by atoms with Gasteiger partial charge < -0.3 is 19.4 Å². The van der Waals surface area contributed by atoms with Gasteiger partial charge in [-0.15, -0.1) is 0 Å². The van der Waals surface area contributed by atoms with Crippen LogP contribution in [0.3, 0.4) is 0 Å². The molecule has 0 saturated carbocycles. The van der Waals surface area contributed by atoms with Gasteiger partial charge in [0.05, 0.1) is 24.3 Å². The van der Waals surface area contributed by atoms with Gasteiger partial charge in [0.15, 0.2) is 5.82 Å². The molecule has 1 N–H and O–H groups in total. The molecule has 28 heavy (non-hydrogen) atoms. The first kappa shape index (κ1) is 18.3. The Hall–Kier alpha value is -3.06. The van der Waals surface area contributed by atoms with Crippen molar-refractivity contribution in [2.24, 2.45) is 0 Å². The maximum absolute atomic E-state index is 11.2. The van der Waals surface area contributed by atoms with E-state index in [2.05, 4.69) is 0 Å². The highest BCUT2D eigenvalue weighted by Crippen LogP contribution is 2.22. The molecule has 4 rings (SSSR count). The van der Waals surface area contributed by atoms with Crippen molar-refractivity contribution in [3.8, 4) is 5.75 Å². The lowest BCUT2D eigenvalue weighted by Crippen LogP contribution is -2.32. The number of nitrogens with zero attached hydrogens (tertiary/aromatic N) is 2. The molecule has 0 atom stereocenters. The molecule has 0 radical (unpaired) electrons. The van der Waals surface area contributed by atoms with Gasteiger partial charge in [-0.25, -0.2) is 9.78 Å². The number of carbonyl (C=O) groups is 1. The summed E-state index contributed by atoms with van der Waals surface area (Å²) in [5.41, 5.74) is 3.00. The third-order valence-corrected chi connectivity index (χ3v) is 4.78. The summed E-state index contributed by atoms with van der Waals surface area (Å²) in [6.07, 6.45) is 1.71. The standard InChI is InChI=1S/C21H22N2O5/c1-14-4-2-7-18-20(14)22-19(23(18)28-16-8-10-26-11-9-16)13-27-17-6-3-5-15(12-17)21(24)25/h2-7,12,16H,8-11,13H2,1H3,(H,24,25). The summed E-state index contributed by atoms with van der Waals surface area (Å²) >= 11 is 0. The molecule has 0 spiro atoms. The van der Waals surface area contributed by atoms with Crippen molar-refractivity contribution in [1.29, 1.82) is 0 Å². The highest BCUT2D eigenvalue weighted by Gasteiger charge is 2.20. The second-order valence-electron chi connectivity index (χ2n) is 6.80. The van der Waals surface area contributed by atoms with Crippen molar-refractivity contribution >= 4 is 17.0 Å². The first-order valence-corrected chi connectivity index (χ1v) is 9.30. The van der Waals surface area contributed by atoms with Crippen molar-refractivity contribution in [2.45, 2.75) is 32.5 Å². The Balaban J connectivity index is 1.61. The summed E-state index contributed by atoms with van der Waals surface area (Å²) in [5.74, 6) is 0.119. The molecular formula is C21H22N2O5. The van der Waals surface area contributed by atoms with Crippen LogP contribution in [0.25, 0.3) is 11.0 Å². The molecular weight excluding hydrogens is 360 g/mol. The van der Waals surface area contributed by atoms with E-state index in [9.17, 15) is 4.79 Å². The molecule has 3 aromatic rings. The van der Waals surface area contributed by atoms with Crippen LogP contribution < -0.4 is 9.57 Å². The quantitative estimate of drug-likeness (QED) is 0.705. The zero-order valence-electron chi connectivity index (χ0n) is 15.6. The van der Waals surface area contributed by atoms with Crippen molar-refractivity contribution < 1.29 is 24.2 Å². The monoisotopic (exact) mass is 382 g/mol. The zero-order chi connectivity index (χ0) is 19.5. The molecule has 1 fully saturated rings. The number of imidazole rings is 1. The summed E-state index contributed by atoms with van der Waals surface area (Å²) in [6.45, 7) is 3.55. The first-order valence-electron chi connectivity index (χ1n) is 9.30. The third kappa shape index (κ3) is 3.80. The predicted molar refractivity (Wildman–Crippen MR) is 103 cm³/mol. The normalized spacial score (nSPS) is 14.9. The summed E-state index contributed by atoms with van der Waals surface area (Å²) in [5, 5.41) is 9.14. The SMILES string of the molecule is Cc1cccc2c1nc(COc1cccc(C(=O)O)c1)n2OC1CCOCC1. The van der Waals surface area contributed by atoms with E-state index in [4.69, 9.17) is 24.4 Å².